The van der Waals surface area contributed by atoms with Crippen LogP contribution in [0.4, 0.5) is 4.79 Å². The minimum atomic E-state index is -1.84. The molecule has 8 heteroatoms. The third-order valence-corrected chi connectivity index (χ3v) is 2.58. The third-order valence-electron chi connectivity index (χ3n) is 2.33. The fourth-order valence-electron chi connectivity index (χ4n) is 1.52. The quantitative estimate of drug-likeness (QED) is 0.469. The van der Waals surface area contributed by atoms with Crippen LogP contribution in [0.2, 0.25) is 5.02 Å². The van der Waals surface area contributed by atoms with Gasteiger partial charge in [0.25, 0.3) is 6.16 Å². The van der Waals surface area contributed by atoms with E-state index >= 15 is 0 Å². The molecule has 0 atom stereocenters. The first-order valence-corrected chi connectivity index (χ1v) is 5.61. The molecule has 0 aliphatic rings. The van der Waals surface area contributed by atoms with Crippen molar-refractivity contribution in [2.75, 3.05) is 0 Å². The van der Waals surface area contributed by atoms with Gasteiger partial charge in [-0.1, -0.05) is 11.6 Å². The molecule has 0 bridgehead atoms. The smallest absolute Gasteiger partial charge is 0.492 e. The van der Waals surface area contributed by atoms with Crippen LogP contribution in [-0.4, -0.2) is 15.9 Å². The monoisotopic (exact) mass is 318 g/mol. The topological polar surface area (TPSA) is 84.2 Å². The Bertz CT molecular complexity index is 685. The molecule has 0 aliphatic heterocycles. The van der Waals surface area contributed by atoms with Crippen molar-refractivity contribution in [3.05, 3.63) is 51.3 Å². The number of carbonyl (C=O) groups is 1. The SMILES string of the molecule is Cc1cc(=O)c(OC(=O)[O-])nn1-c1ccc(Cl)cc1.[K+]. The molecule has 0 saturated heterocycles. The Morgan fingerprint density at radius 3 is 2.50 bits per heavy atom. The van der Waals surface area contributed by atoms with Crippen molar-refractivity contribution in [3.8, 4) is 11.6 Å². The predicted octanol–water partition coefficient (Wildman–Crippen LogP) is -2.08. The molecular formula is C12H8ClKN2O4. The minimum Gasteiger partial charge on any atom is -0.492 e. The maximum atomic E-state index is 11.5. The van der Waals surface area contributed by atoms with Crippen LogP contribution in [0.5, 0.6) is 5.88 Å². The predicted molar refractivity (Wildman–Crippen MR) is 65.6 cm³/mol. The largest absolute Gasteiger partial charge is 1.00 e. The van der Waals surface area contributed by atoms with E-state index in [0.29, 0.717) is 16.4 Å². The van der Waals surface area contributed by atoms with Gasteiger partial charge in [0.05, 0.1) is 5.69 Å². The first-order valence-electron chi connectivity index (χ1n) is 5.23. The first-order chi connectivity index (χ1) is 8.97. The number of aromatic nitrogens is 2. The molecule has 0 aliphatic carbocycles. The maximum Gasteiger partial charge on any atom is 1.00 e. The Morgan fingerprint density at radius 2 is 1.95 bits per heavy atom. The summed E-state index contributed by atoms with van der Waals surface area (Å²) in [5.74, 6) is -0.555. The van der Waals surface area contributed by atoms with Crippen molar-refractivity contribution in [2.45, 2.75) is 6.92 Å². The van der Waals surface area contributed by atoms with Crippen LogP contribution in [0.15, 0.2) is 35.1 Å². The van der Waals surface area contributed by atoms with Gasteiger partial charge >= 0.3 is 51.4 Å². The average Bonchev–Trinajstić information content (AvgIpc) is 2.33. The van der Waals surface area contributed by atoms with E-state index in [2.05, 4.69) is 9.84 Å². The molecule has 0 amide bonds. The number of hydrogen-bond acceptors (Lipinski definition) is 5. The summed E-state index contributed by atoms with van der Waals surface area (Å²) in [6, 6.07) is 7.87. The number of nitrogens with zero attached hydrogens (tertiary/aromatic N) is 2. The summed E-state index contributed by atoms with van der Waals surface area (Å²) in [6.45, 7) is 1.66. The molecular weight excluding hydrogens is 311 g/mol. The van der Waals surface area contributed by atoms with Gasteiger partial charge in [-0.3, -0.25) is 4.79 Å². The number of ether oxygens (including phenoxy) is 1. The Hall–Kier alpha value is -0.704. The molecule has 1 aromatic heterocycles. The first kappa shape index (κ1) is 17.3. The van der Waals surface area contributed by atoms with Gasteiger partial charge in [-0.25, -0.2) is 4.68 Å². The second-order valence-corrected chi connectivity index (χ2v) is 4.13. The number of aryl methyl sites for hydroxylation is 1. The molecule has 0 saturated carbocycles. The summed E-state index contributed by atoms with van der Waals surface area (Å²) in [5.41, 5.74) is 0.509. The molecule has 6 nitrogen and oxygen atoms in total. The van der Waals surface area contributed by atoms with Gasteiger partial charge in [0.2, 0.25) is 11.3 Å². The Labute approximate surface area is 161 Å². The number of hydrogen-bond donors (Lipinski definition) is 0. The van der Waals surface area contributed by atoms with Gasteiger partial charge in [0.1, 0.15) is 0 Å². The second kappa shape index (κ2) is 7.35. The fourth-order valence-corrected chi connectivity index (χ4v) is 1.65. The van der Waals surface area contributed by atoms with E-state index in [-0.39, 0.29) is 51.4 Å². The standard InChI is InChI=1S/C12H9ClN2O4.K/c1-7-6-10(16)11(19-12(17)18)14-15(7)9-4-2-8(13)3-5-9;/h2-6H,1H3,(H,17,18);/q;+1/p-1. The normalized spacial score (nSPS) is 9.70. The molecule has 0 fully saturated rings. The van der Waals surface area contributed by atoms with Crippen molar-refractivity contribution in [2.24, 2.45) is 0 Å². The van der Waals surface area contributed by atoms with Crippen LogP contribution in [-0.2, 0) is 0 Å². The third kappa shape index (κ3) is 4.14. The van der Waals surface area contributed by atoms with E-state index in [1.165, 1.54) is 10.7 Å². The molecule has 0 N–H and O–H groups in total. The summed E-state index contributed by atoms with van der Waals surface area (Å²) >= 11 is 5.77. The van der Waals surface area contributed by atoms with Gasteiger partial charge in [0, 0.05) is 16.8 Å². The van der Waals surface area contributed by atoms with Crippen LogP contribution in [0.3, 0.4) is 0 Å². The summed E-state index contributed by atoms with van der Waals surface area (Å²) in [6.07, 6.45) is -1.84. The fraction of sp³-hybridized carbons (Fsp3) is 0.0833. The van der Waals surface area contributed by atoms with Crippen LogP contribution in [0, 0.1) is 6.92 Å². The number of halogens is 1. The van der Waals surface area contributed by atoms with E-state index in [0.717, 1.165) is 0 Å². The van der Waals surface area contributed by atoms with Crippen molar-refractivity contribution in [1.29, 1.82) is 0 Å². The van der Waals surface area contributed by atoms with Crippen LogP contribution < -0.4 is 66.7 Å². The van der Waals surface area contributed by atoms with E-state index in [4.69, 9.17) is 11.6 Å². The van der Waals surface area contributed by atoms with Gasteiger partial charge in [-0.15, -0.1) is 5.10 Å². The van der Waals surface area contributed by atoms with Crippen LogP contribution >= 0.6 is 11.6 Å². The molecule has 98 valence electrons. The summed E-state index contributed by atoms with van der Waals surface area (Å²) in [5, 5.41) is 14.7. The second-order valence-electron chi connectivity index (χ2n) is 3.70. The van der Waals surface area contributed by atoms with Gasteiger partial charge in [0.15, 0.2) is 0 Å². The summed E-state index contributed by atoms with van der Waals surface area (Å²) < 4.78 is 5.59. The zero-order valence-electron chi connectivity index (χ0n) is 10.8. The van der Waals surface area contributed by atoms with E-state index < -0.39 is 17.5 Å². The van der Waals surface area contributed by atoms with Crippen LogP contribution in [0.1, 0.15) is 5.69 Å². The Kier molecular flexibility index (Phi) is 6.37. The summed E-state index contributed by atoms with van der Waals surface area (Å²) in [7, 11) is 0. The number of carboxylic acid groups (broad SMARTS) is 1. The Morgan fingerprint density at radius 1 is 1.35 bits per heavy atom. The van der Waals surface area contributed by atoms with Crippen molar-refractivity contribution in [1.82, 2.24) is 9.78 Å². The number of carbonyl (C=O) groups excluding carboxylic acids is 1. The number of benzene rings is 1. The van der Waals surface area contributed by atoms with Crippen molar-refractivity contribution in [3.63, 3.8) is 0 Å². The van der Waals surface area contributed by atoms with Gasteiger partial charge in [-0.2, -0.15) is 0 Å². The Balaban J connectivity index is 0.00000200. The van der Waals surface area contributed by atoms with Gasteiger partial charge in [-0.05, 0) is 31.2 Å². The zero-order chi connectivity index (χ0) is 14.0. The minimum absolute atomic E-state index is 0. The summed E-state index contributed by atoms with van der Waals surface area (Å²) in [4.78, 5) is 21.9. The molecule has 2 aromatic rings. The number of rotatable bonds is 2. The average molecular weight is 319 g/mol. The molecule has 1 aromatic carbocycles. The molecule has 0 unspecified atom stereocenters. The molecule has 0 radical (unpaired) electrons. The maximum absolute atomic E-state index is 11.5. The van der Waals surface area contributed by atoms with Gasteiger partial charge < -0.3 is 14.6 Å². The van der Waals surface area contributed by atoms with E-state index in [9.17, 15) is 14.7 Å². The van der Waals surface area contributed by atoms with E-state index in [1.54, 1.807) is 31.2 Å². The molecule has 0 spiro atoms. The van der Waals surface area contributed by atoms with Crippen molar-refractivity contribution >= 4 is 17.8 Å². The molecule has 1 heterocycles. The van der Waals surface area contributed by atoms with Crippen molar-refractivity contribution < 1.29 is 66.0 Å². The van der Waals surface area contributed by atoms with E-state index in [1.807, 2.05) is 0 Å². The molecule has 20 heavy (non-hydrogen) atoms. The zero-order valence-corrected chi connectivity index (χ0v) is 14.7. The molecule has 2 rings (SSSR count). The van der Waals surface area contributed by atoms with Crippen LogP contribution in [0.25, 0.3) is 5.69 Å².